The number of benzene rings is 8. The third kappa shape index (κ3) is 25.9. The van der Waals surface area contributed by atoms with E-state index in [9.17, 15) is 42.2 Å². The van der Waals surface area contributed by atoms with Crippen molar-refractivity contribution >= 4 is 82.2 Å². The molecule has 0 spiro atoms. The van der Waals surface area contributed by atoms with Crippen molar-refractivity contribution in [1.82, 2.24) is 60.6 Å². The second-order valence-electron chi connectivity index (χ2n) is 35.4. The van der Waals surface area contributed by atoms with Crippen molar-refractivity contribution in [3.63, 3.8) is 0 Å². The Bertz CT molecular complexity index is 5880. The molecule has 8 fully saturated rings. The van der Waals surface area contributed by atoms with Gasteiger partial charge >= 0.3 is 5.97 Å². The molecular formula is C106H121FN16O21S. The highest BCUT2D eigenvalue weighted by Gasteiger charge is 2.44. The van der Waals surface area contributed by atoms with E-state index in [2.05, 4.69) is 45.9 Å². The van der Waals surface area contributed by atoms with Gasteiger partial charge < -0.3 is 101 Å². The molecule has 8 aliphatic rings. The number of halogens is 1. The van der Waals surface area contributed by atoms with Crippen LogP contribution in [0.2, 0.25) is 0 Å². The van der Waals surface area contributed by atoms with Gasteiger partial charge in [0.2, 0.25) is 88.2 Å². The number of carboxylic acids is 1. The summed E-state index contributed by atoms with van der Waals surface area (Å²) in [5, 5.41) is 28.7. The molecule has 39 heteroatoms. The maximum absolute atomic E-state index is 13.1. The van der Waals surface area contributed by atoms with Gasteiger partial charge in [-0.05, 0) is 186 Å². The van der Waals surface area contributed by atoms with Crippen LogP contribution in [0.5, 0.6) is 46.0 Å². The fourth-order valence-electron chi connectivity index (χ4n) is 18.8. The summed E-state index contributed by atoms with van der Waals surface area (Å²) >= 11 is 0.250. The monoisotopic (exact) mass is 2000 g/mol. The number of aliphatic carboxylic acids is 1. The molecule has 37 nitrogen and oxygen atoms in total. The summed E-state index contributed by atoms with van der Waals surface area (Å²) in [5.74, 6) is 7.79. The zero-order valence-corrected chi connectivity index (χ0v) is 82.5. The van der Waals surface area contributed by atoms with Crippen molar-refractivity contribution in [2.45, 2.75) is 108 Å². The minimum absolute atomic E-state index is 0. The van der Waals surface area contributed by atoms with Gasteiger partial charge in [0.05, 0.1) is 80.6 Å². The fraction of sp³-hybridized carbons (Fsp3) is 0.396. The number of hydrogen-bond acceptors (Lipinski definition) is 30. The number of piperidine rings is 4. The van der Waals surface area contributed by atoms with Crippen molar-refractivity contribution in [3.05, 3.63) is 218 Å². The maximum atomic E-state index is 13.1. The van der Waals surface area contributed by atoms with Gasteiger partial charge in [0.1, 0.15) is 0 Å². The lowest BCUT2D eigenvalue weighted by Gasteiger charge is -2.32. The highest BCUT2D eigenvalue weighted by Crippen LogP contribution is 2.42. The van der Waals surface area contributed by atoms with Crippen molar-refractivity contribution in [2.24, 2.45) is 23.7 Å². The number of likely N-dealkylation sites (tertiary alicyclic amines) is 3. The van der Waals surface area contributed by atoms with Crippen molar-refractivity contribution in [3.8, 4) is 91.5 Å². The van der Waals surface area contributed by atoms with Crippen LogP contribution in [0.15, 0.2) is 212 Å². The largest absolute Gasteiger partial charge is 0.493 e. The molecule has 4 atom stereocenters. The molecule has 0 radical (unpaired) electrons. The van der Waals surface area contributed by atoms with Gasteiger partial charge in [0, 0.05) is 178 Å². The molecule has 2 unspecified atom stereocenters. The van der Waals surface area contributed by atoms with Crippen LogP contribution < -0.4 is 62.8 Å². The van der Waals surface area contributed by atoms with Crippen molar-refractivity contribution in [2.75, 3.05) is 161 Å². The van der Waals surface area contributed by atoms with Crippen LogP contribution >= 0.6 is 12.1 Å². The number of hydrogen-bond donors (Lipinski definition) is 2. The summed E-state index contributed by atoms with van der Waals surface area (Å²) in [5.41, 5.74) is 6.48. The Balaban J connectivity index is 0.000000146. The molecule has 20 rings (SSSR count). The van der Waals surface area contributed by atoms with Crippen LogP contribution in [0, 0.1) is 23.7 Å². The lowest BCUT2D eigenvalue weighted by molar-refractivity contribution is -0.141. The fourth-order valence-corrected chi connectivity index (χ4v) is 18.8. The quantitative estimate of drug-likeness (QED) is 0.0567. The predicted octanol–water partition coefficient (Wildman–Crippen LogP) is 15.8. The Kier molecular flexibility index (Phi) is 36.8. The highest BCUT2D eigenvalue weighted by atomic mass is 32.2. The molecule has 764 valence electrons. The van der Waals surface area contributed by atoms with E-state index < -0.39 is 11.9 Å². The normalized spacial score (nSPS) is 18.1. The Hall–Kier alpha value is -15.3. The molecule has 12 heterocycles. The van der Waals surface area contributed by atoms with Gasteiger partial charge in [-0.1, -0.05) is 101 Å². The minimum atomic E-state index is -0.901. The lowest BCUT2D eigenvalue weighted by Crippen LogP contribution is -2.42. The molecule has 0 bridgehead atoms. The molecule has 8 aromatic carbocycles. The van der Waals surface area contributed by atoms with Crippen molar-refractivity contribution in [1.29, 1.82) is 0 Å². The maximum Gasteiger partial charge on any atom is 0.308 e. The van der Waals surface area contributed by atoms with E-state index in [0.717, 1.165) is 115 Å². The van der Waals surface area contributed by atoms with Gasteiger partial charge in [-0.25, -0.2) is 0 Å². The van der Waals surface area contributed by atoms with E-state index in [-0.39, 0.29) is 129 Å². The highest BCUT2D eigenvalue weighted by molar-refractivity contribution is 7.93. The Morgan fingerprint density at radius 2 is 0.545 bits per heavy atom. The molecule has 145 heavy (non-hydrogen) atoms. The number of rotatable bonds is 24. The van der Waals surface area contributed by atoms with Gasteiger partial charge in [-0.15, -0.1) is 0 Å². The summed E-state index contributed by atoms with van der Waals surface area (Å²) in [6, 6.07) is 59.7. The third-order valence-electron chi connectivity index (χ3n) is 26.7. The topological polar surface area (TPSA) is 421 Å². The number of carboxylic acid groups (broad SMARTS) is 1. The first kappa shape index (κ1) is 106. The summed E-state index contributed by atoms with van der Waals surface area (Å²) in [6.07, 6.45) is 8.75. The van der Waals surface area contributed by atoms with Crippen LogP contribution in [0.25, 0.3) is 45.6 Å². The number of carbonyl (C=O) groups is 8. The summed E-state index contributed by atoms with van der Waals surface area (Å²) in [7, 11) is 12.7. The molecule has 0 aliphatic carbocycles. The third-order valence-corrected chi connectivity index (χ3v) is 26.7. The summed E-state index contributed by atoms with van der Waals surface area (Å²) < 4.78 is 74.8. The van der Waals surface area contributed by atoms with Crippen LogP contribution in [0.3, 0.4) is 0 Å². The first-order valence-electron chi connectivity index (χ1n) is 47.7. The second kappa shape index (κ2) is 50.6. The SMILES string of the molecule is C.COc1ccc(-c2noc(C3CCN(C(=O)C4CC(=O)N(c5ccccc5)C4)CC3)n2)cc1OC.COc1ccc(-c2noc(C3CCN(C(=O)[C@@H]4CC(=O)N(c5ccccc5)C4)CC3)n2)cc1OC.COc1ccc(-c2noc(C3CCN(C(=O)[C@H]4CC(=O)N(c5ccccc5)C4)CC3)n2)cc1OC.COc1ccc(-c2noc(C3CCNCC3)n2)cc1OC.CSF.O=C(O)C1CC(=O)N(c2ccccc2)C1. The minimum Gasteiger partial charge on any atom is -0.493 e. The predicted molar refractivity (Wildman–Crippen MR) is 538 cm³/mol. The Labute approximate surface area is 843 Å². The molecule has 8 saturated heterocycles. The molecular weight excluding hydrogens is 1880 g/mol. The molecule has 8 aliphatic heterocycles. The first-order valence-corrected chi connectivity index (χ1v) is 48.9. The van der Waals surface area contributed by atoms with E-state index >= 15 is 0 Å². The first-order chi connectivity index (χ1) is 70.1. The average molecular weight is 2010 g/mol. The van der Waals surface area contributed by atoms with E-state index in [1.807, 2.05) is 191 Å². The summed E-state index contributed by atoms with van der Waals surface area (Å²) in [6.45, 7) is 7.19. The zero-order chi connectivity index (χ0) is 101. The van der Waals surface area contributed by atoms with Gasteiger partial charge in [0.15, 0.2) is 46.0 Å². The van der Waals surface area contributed by atoms with Gasteiger partial charge in [-0.2, -0.15) is 23.8 Å². The van der Waals surface area contributed by atoms with Crippen LogP contribution in [0.1, 0.15) is 132 Å². The van der Waals surface area contributed by atoms with E-state index in [4.69, 9.17) is 61.1 Å². The van der Waals surface area contributed by atoms with Crippen LogP contribution in [-0.4, -0.2) is 249 Å². The number of ether oxygens (including phenoxy) is 8. The van der Waals surface area contributed by atoms with Crippen LogP contribution in [0.4, 0.5) is 26.6 Å². The summed E-state index contributed by atoms with van der Waals surface area (Å²) in [4.78, 5) is 130. The number of aromatic nitrogens is 8. The average Bonchev–Trinajstić information content (AvgIpc) is 1.68. The molecule has 4 aromatic heterocycles. The molecule has 12 aromatic rings. The molecule has 0 saturated carbocycles. The number of para-hydroxylation sites is 4. The van der Waals surface area contributed by atoms with Gasteiger partial charge in [-0.3, -0.25) is 38.4 Å². The second-order valence-corrected chi connectivity index (χ2v) is 35.7. The molecule has 2 N–H and O–H groups in total. The smallest absolute Gasteiger partial charge is 0.308 e. The number of nitrogens with zero attached hydrogens (tertiary/aromatic N) is 15. The number of anilines is 4. The Morgan fingerprint density at radius 3 is 0.759 bits per heavy atom. The van der Waals surface area contributed by atoms with Crippen molar-refractivity contribution < 1.29 is 103 Å². The standard InChI is InChI=1S/3C26H28N4O5.C15H19N3O3.C11H11NO3.CH3FS.CH4/c3*1-33-21-9-8-18(14-22(21)34-2)24-27-25(35-28-24)17-10-12-29(13-11-17)26(32)19-15-23(31)30(16-19)20-6-4-3-5-7-20;1-19-12-4-3-11(9-13(12)20-2)14-17-15(21-18-14)10-5-7-16-8-6-10;13-10-6-8(11(14)15)7-12(10)9-4-2-1-3-5-9;1-3-2;/h3*3-9,14,17,19H,10-13,15-16H2,1-2H3;3-4,9-10,16H,5-8H2,1-2H3;1-5,8H,6-7H2,(H,14,15);1H3;1H4/t2*19-;;;;;/m10...../s1. The van der Waals surface area contributed by atoms with E-state index in [1.165, 1.54) is 11.2 Å². The lowest BCUT2D eigenvalue weighted by atomic mass is 9.95. The zero-order valence-electron chi connectivity index (χ0n) is 81.7. The van der Waals surface area contributed by atoms with E-state index in [1.54, 1.807) is 89.8 Å². The number of amides is 7. The number of nitrogens with one attached hydrogen (secondary N) is 1. The Morgan fingerprint density at radius 1 is 0.331 bits per heavy atom. The number of carbonyl (C=O) groups excluding carboxylic acids is 7. The van der Waals surface area contributed by atoms with Crippen LogP contribution in [-0.2, 0) is 38.4 Å². The van der Waals surface area contributed by atoms with Gasteiger partial charge in [0.25, 0.3) is 0 Å². The number of methoxy groups -OCH3 is 8. The van der Waals surface area contributed by atoms with E-state index in [0.29, 0.717) is 152 Å². The molecule has 7 amide bonds.